The monoisotopic (exact) mass is 391 g/mol. The van der Waals surface area contributed by atoms with Crippen LogP contribution in [0.1, 0.15) is 11.1 Å². The Kier molecular flexibility index (Phi) is 6.95. The van der Waals surface area contributed by atoms with Crippen LogP contribution in [0.25, 0.3) is 6.08 Å². The first-order valence-electron chi connectivity index (χ1n) is 7.98. The molecule has 0 bridgehead atoms. The number of amides is 1. The molecule has 2 rings (SSSR count). The number of alkyl halides is 3. The van der Waals surface area contributed by atoms with Crippen LogP contribution in [0.2, 0.25) is 0 Å². The summed E-state index contributed by atoms with van der Waals surface area (Å²) in [5.74, 6) is -0.739. The van der Waals surface area contributed by atoms with Crippen molar-refractivity contribution in [3.63, 3.8) is 0 Å². The van der Waals surface area contributed by atoms with E-state index in [-0.39, 0.29) is 5.56 Å². The van der Waals surface area contributed by atoms with Gasteiger partial charge in [-0.15, -0.1) is 0 Å². The van der Waals surface area contributed by atoms with Crippen LogP contribution in [0.4, 0.5) is 13.2 Å². The zero-order chi connectivity index (χ0) is 20.2. The molecule has 10 heteroatoms. The Bertz CT molecular complexity index is 679. The molecule has 0 aliphatic carbocycles. The van der Waals surface area contributed by atoms with E-state index in [0.29, 0.717) is 0 Å². The first-order chi connectivity index (χ1) is 12.7. The van der Waals surface area contributed by atoms with Crippen LogP contribution < -0.4 is 5.32 Å². The highest BCUT2D eigenvalue weighted by Crippen LogP contribution is 2.29. The minimum atomic E-state index is -4.50. The molecule has 27 heavy (non-hydrogen) atoms. The van der Waals surface area contributed by atoms with Gasteiger partial charge in [0, 0.05) is 13.2 Å². The van der Waals surface area contributed by atoms with Crippen LogP contribution >= 0.6 is 0 Å². The summed E-state index contributed by atoms with van der Waals surface area (Å²) in [6.07, 6.45) is -7.49. The van der Waals surface area contributed by atoms with Crippen molar-refractivity contribution in [3.8, 4) is 0 Å². The number of carbonyl (C=O) groups excluding carboxylic acids is 1. The highest BCUT2D eigenvalue weighted by molar-refractivity contribution is 5.92. The van der Waals surface area contributed by atoms with Gasteiger partial charge in [0.15, 0.2) is 6.29 Å². The Morgan fingerprint density at radius 1 is 1.33 bits per heavy atom. The number of halogens is 3. The normalized spacial score (nSPS) is 29.1. The van der Waals surface area contributed by atoms with Gasteiger partial charge >= 0.3 is 6.18 Å². The molecule has 4 N–H and O–H groups in total. The van der Waals surface area contributed by atoms with Crippen molar-refractivity contribution in [2.45, 2.75) is 36.8 Å². The number of benzene rings is 1. The van der Waals surface area contributed by atoms with Crippen LogP contribution in [-0.4, -0.2) is 65.6 Å². The van der Waals surface area contributed by atoms with Gasteiger partial charge < -0.3 is 30.1 Å². The van der Waals surface area contributed by atoms with E-state index in [2.05, 4.69) is 5.32 Å². The van der Waals surface area contributed by atoms with Crippen LogP contribution in [0.5, 0.6) is 0 Å². The Labute approximate surface area is 153 Å². The van der Waals surface area contributed by atoms with Gasteiger partial charge in [0.25, 0.3) is 0 Å². The fourth-order valence-electron chi connectivity index (χ4n) is 2.64. The van der Waals surface area contributed by atoms with Gasteiger partial charge in [-0.2, -0.15) is 13.2 Å². The van der Waals surface area contributed by atoms with Gasteiger partial charge in [0.1, 0.15) is 24.4 Å². The lowest BCUT2D eigenvalue weighted by atomic mass is 9.97. The van der Waals surface area contributed by atoms with Crippen LogP contribution in [0.15, 0.2) is 30.3 Å². The van der Waals surface area contributed by atoms with Crippen LogP contribution in [-0.2, 0) is 20.4 Å². The molecular weight excluding hydrogens is 371 g/mol. The molecule has 5 atom stereocenters. The molecule has 0 spiro atoms. The highest BCUT2D eigenvalue weighted by Gasteiger charge is 2.45. The molecule has 1 aliphatic rings. The Morgan fingerprint density at radius 3 is 2.63 bits per heavy atom. The maximum absolute atomic E-state index is 12.7. The lowest BCUT2D eigenvalue weighted by molar-refractivity contribution is -0.262. The summed E-state index contributed by atoms with van der Waals surface area (Å²) in [4.78, 5) is 12.1. The van der Waals surface area contributed by atoms with Gasteiger partial charge in [-0.3, -0.25) is 4.79 Å². The molecule has 0 saturated carbocycles. The molecule has 1 aromatic rings. The Balaban J connectivity index is 2.07. The molecule has 1 aliphatic heterocycles. The minimum Gasteiger partial charge on any atom is -0.394 e. The van der Waals surface area contributed by atoms with E-state index in [4.69, 9.17) is 14.6 Å². The Hall–Kier alpha value is -1.98. The van der Waals surface area contributed by atoms with Gasteiger partial charge in [-0.05, 0) is 23.8 Å². The largest absolute Gasteiger partial charge is 0.416 e. The number of hydrogen-bond acceptors (Lipinski definition) is 6. The highest BCUT2D eigenvalue weighted by atomic mass is 19.4. The summed E-state index contributed by atoms with van der Waals surface area (Å²) in [6.45, 7) is -0.561. The zero-order valence-corrected chi connectivity index (χ0v) is 14.3. The van der Waals surface area contributed by atoms with Gasteiger partial charge in [0.05, 0.1) is 12.2 Å². The summed E-state index contributed by atoms with van der Waals surface area (Å²) in [5, 5.41) is 31.5. The zero-order valence-electron chi connectivity index (χ0n) is 14.3. The third kappa shape index (κ3) is 5.27. The van der Waals surface area contributed by atoms with Crippen molar-refractivity contribution in [1.82, 2.24) is 5.32 Å². The van der Waals surface area contributed by atoms with E-state index in [1.165, 1.54) is 25.3 Å². The van der Waals surface area contributed by atoms with E-state index >= 15 is 0 Å². The molecule has 1 amide bonds. The molecule has 1 saturated heterocycles. The molecule has 0 aromatic heterocycles. The van der Waals surface area contributed by atoms with Gasteiger partial charge in [0.2, 0.25) is 5.91 Å². The van der Waals surface area contributed by atoms with E-state index in [1.54, 1.807) is 0 Å². The second-order valence-corrected chi connectivity index (χ2v) is 5.93. The fourth-order valence-corrected chi connectivity index (χ4v) is 2.64. The van der Waals surface area contributed by atoms with Gasteiger partial charge in [-0.1, -0.05) is 12.1 Å². The summed E-state index contributed by atoms with van der Waals surface area (Å²) in [6, 6.07) is 3.26. The maximum Gasteiger partial charge on any atom is 0.416 e. The number of ether oxygens (including phenoxy) is 2. The first kappa shape index (κ1) is 21.3. The second-order valence-electron chi connectivity index (χ2n) is 5.93. The molecule has 7 nitrogen and oxygen atoms in total. The predicted molar refractivity (Wildman–Crippen MR) is 87.2 cm³/mol. The third-order valence-electron chi connectivity index (χ3n) is 4.06. The number of hydrogen-bond donors (Lipinski definition) is 4. The summed E-state index contributed by atoms with van der Waals surface area (Å²) < 4.78 is 48.3. The van der Waals surface area contributed by atoms with Crippen molar-refractivity contribution in [1.29, 1.82) is 0 Å². The average molecular weight is 391 g/mol. The maximum atomic E-state index is 12.7. The molecule has 0 unspecified atom stereocenters. The molecular formula is C17H20F3NO6. The van der Waals surface area contributed by atoms with Crippen LogP contribution in [0.3, 0.4) is 0 Å². The molecule has 1 heterocycles. The number of rotatable bonds is 5. The van der Waals surface area contributed by atoms with Gasteiger partial charge in [-0.25, -0.2) is 0 Å². The summed E-state index contributed by atoms with van der Waals surface area (Å²) >= 11 is 0. The number of methoxy groups -OCH3 is 1. The smallest absolute Gasteiger partial charge is 0.394 e. The van der Waals surface area contributed by atoms with E-state index in [0.717, 1.165) is 18.2 Å². The third-order valence-corrected chi connectivity index (χ3v) is 4.06. The average Bonchev–Trinajstić information content (AvgIpc) is 2.63. The minimum absolute atomic E-state index is 0.157. The van der Waals surface area contributed by atoms with E-state index in [1.807, 2.05) is 0 Å². The van der Waals surface area contributed by atoms with Crippen molar-refractivity contribution in [3.05, 3.63) is 41.5 Å². The SMILES string of the molecule is CO[C@@H]1O[C@H](CO)[C@@H](O)[C@H](O)[C@H]1NC(=O)C=Cc1cccc(C(F)(F)F)c1. The Morgan fingerprint density at radius 2 is 2.04 bits per heavy atom. The van der Waals surface area contributed by atoms with Crippen molar-refractivity contribution in [2.75, 3.05) is 13.7 Å². The van der Waals surface area contributed by atoms with E-state index in [9.17, 15) is 28.2 Å². The number of aliphatic hydroxyl groups excluding tert-OH is 3. The molecule has 1 fully saturated rings. The molecule has 150 valence electrons. The van der Waals surface area contributed by atoms with Crippen LogP contribution in [0, 0.1) is 0 Å². The fraction of sp³-hybridized carbons (Fsp3) is 0.471. The van der Waals surface area contributed by atoms with Crippen molar-refractivity contribution < 1.29 is 42.8 Å². The lowest BCUT2D eigenvalue weighted by Gasteiger charge is -2.41. The number of carbonyl (C=O) groups is 1. The summed E-state index contributed by atoms with van der Waals surface area (Å²) in [7, 11) is 1.25. The van der Waals surface area contributed by atoms with Crippen molar-refractivity contribution >= 4 is 12.0 Å². The topological polar surface area (TPSA) is 108 Å². The number of aliphatic hydroxyl groups is 3. The standard InChI is InChI=1S/C17H20F3NO6/c1-26-16-13(15(25)14(24)11(8-22)27-16)21-12(23)6-5-9-3-2-4-10(7-9)17(18,19)20/h2-7,11,13-16,22,24-25H,8H2,1H3,(H,21,23)/t11-,13-,14-,15-,16-/m1/s1. The first-order valence-corrected chi connectivity index (χ1v) is 7.98. The molecule has 0 radical (unpaired) electrons. The predicted octanol–water partition coefficient (Wildman–Crippen LogP) is 0.289. The van der Waals surface area contributed by atoms with E-state index < -0.39 is 54.9 Å². The second kappa shape index (κ2) is 8.81. The molecule has 1 aromatic carbocycles. The lowest BCUT2D eigenvalue weighted by Crippen LogP contribution is -2.64. The quantitative estimate of drug-likeness (QED) is 0.538. The van der Waals surface area contributed by atoms with Crippen molar-refractivity contribution in [2.24, 2.45) is 0 Å². The number of nitrogens with one attached hydrogen (secondary N) is 1. The summed E-state index contributed by atoms with van der Waals surface area (Å²) in [5.41, 5.74) is -0.692.